The Morgan fingerprint density at radius 2 is 1.69 bits per heavy atom. The molecule has 4 nitrogen and oxygen atoms in total. The Morgan fingerprint density at radius 1 is 1.00 bits per heavy atom. The molecule has 0 atom stereocenters. The highest BCUT2D eigenvalue weighted by Crippen LogP contribution is 2.35. The van der Waals surface area contributed by atoms with Gasteiger partial charge in [-0.15, -0.1) is 0 Å². The van der Waals surface area contributed by atoms with Crippen molar-refractivity contribution in [2.75, 3.05) is 0 Å². The average molecular weight is 467 g/mol. The van der Waals surface area contributed by atoms with Gasteiger partial charge in [0.05, 0.1) is 11.4 Å². The van der Waals surface area contributed by atoms with E-state index < -0.39 is 0 Å². The molecule has 6 heteroatoms. The molecular weight excluding hydrogens is 448 g/mol. The van der Waals surface area contributed by atoms with E-state index in [1.165, 1.54) is 4.90 Å². The van der Waals surface area contributed by atoms with Crippen LogP contribution in [0.25, 0.3) is 11.8 Å². The van der Waals surface area contributed by atoms with E-state index in [0.29, 0.717) is 4.91 Å². The van der Waals surface area contributed by atoms with Crippen LogP contribution in [0.3, 0.4) is 0 Å². The number of carbonyl (C=O) groups is 2. The first kappa shape index (κ1) is 19.7. The van der Waals surface area contributed by atoms with Crippen LogP contribution in [0, 0.1) is 13.8 Å². The highest BCUT2D eigenvalue weighted by molar-refractivity contribution is 9.10. The summed E-state index contributed by atoms with van der Waals surface area (Å²) >= 11 is 4.48. The molecule has 1 aromatic heterocycles. The number of carbonyl (C=O) groups excluding carboxylic acids is 2. The number of halogens is 1. The summed E-state index contributed by atoms with van der Waals surface area (Å²) in [6.07, 6.45) is 1.83. The van der Waals surface area contributed by atoms with Gasteiger partial charge in [-0.25, -0.2) is 0 Å². The number of imide groups is 1. The van der Waals surface area contributed by atoms with Crippen LogP contribution in [0.2, 0.25) is 0 Å². The lowest BCUT2D eigenvalue weighted by Crippen LogP contribution is -2.27. The van der Waals surface area contributed by atoms with Gasteiger partial charge in [0, 0.05) is 21.5 Å². The lowest BCUT2D eigenvalue weighted by atomic mass is 10.2. The fourth-order valence-corrected chi connectivity index (χ4v) is 4.72. The third kappa shape index (κ3) is 3.82. The summed E-state index contributed by atoms with van der Waals surface area (Å²) in [5.74, 6) is -0.250. The number of para-hydroxylation sites is 1. The lowest BCUT2D eigenvalue weighted by Gasteiger charge is -2.13. The van der Waals surface area contributed by atoms with Gasteiger partial charge in [-0.1, -0.05) is 52.3 Å². The minimum Gasteiger partial charge on any atom is -0.318 e. The second-order valence-corrected chi connectivity index (χ2v) is 8.70. The molecule has 0 N–H and O–H groups in total. The van der Waals surface area contributed by atoms with Crippen LogP contribution in [-0.4, -0.2) is 20.6 Å². The lowest BCUT2D eigenvalue weighted by molar-refractivity contribution is -0.123. The predicted molar refractivity (Wildman–Crippen MR) is 121 cm³/mol. The molecule has 3 aromatic rings. The Hall–Kier alpha value is -2.57. The molecule has 2 aromatic carbocycles. The first-order valence-corrected chi connectivity index (χ1v) is 10.8. The second-order valence-electron chi connectivity index (χ2n) is 6.86. The standard InChI is InChI=1S/C23H19BrN2O2S/c1-15-12-18(16(2)26(15)19-9-4-3-5-10-19)13-21-22(27)25(23(28)29-21)14-17-8-6-7-11-20(17)24/h3-13H,14H2,1-2H3/b21-13+. The number of rotatable bonds is 4. The van der Waals surface area contributed by atoms with Crippen LogP contribution in [0.4, 0.5) is 4.79 Å². The summed E-state index contributed by atoms with van der Waals surface area (Å²) in [4.78, 5) is 27.1. The molecule has 2 amide bonds. The summed E-state index contributed by atoms with van der Waals surface area (Å²) in [7, 11) is 0. The van der Waals surface area contributed by atoms with Gasteiger partial charge in [-0.05, 0) is 67.1 Å². The van der Waals surface area contributed by atoms with E-state index >= 15 is 0 Å². The minimum atomic E-state index is -0.250. The molecule has 1 fully saturated rings. The van der Waals surface area contributed by atoms with Crippen LogP contribution in [0.15, 0.2) is 70.0 Å². The van der Waals surface area contributed by atoms with Crippen molar-refractivity contribution in [2.24, 2.45) is 0 Å². The highest BCUT2D eigenvalue weighted by Gasteiger charge is 2.35. The zero-order valence-electron chi connectivity index (χ0n) is 16.1. The highest BCUT2D eigenvalue weighted by atomic mass is 79.9. The number of hydrogen-bond acceptors (Lipinski definition) is 3. The first-order valence-electron chi connectivity index (χ1n) is 9.19. The van der Waals surface area contributed by atoms with E-state index in [0.717, 1.165) is 44.4 Å². The fourth-order valence-electron chi connectivity index (χ4n) is 3.48. The monoisotopic (exact) mass is 466 g/mol. The maximum atomic E-state index is 12.9. The van der Waals surface area contributed by atoms with Crippen molar-refractivity contribution in [3.05, 3.63) is 92.6 Å². The molecule has 1 saturated heterocycles. The maximum Gasteiger partial charge on any atom is 0.293 e. The maximum absolute atomic E-state index is 12.9. The van der Waals surface area contributed by atoms with Gasteiger partial charge in [0.15, 0.2) is 0 Å². The van der Waals surface area contributed by atoms with Crippen LogP contribution < -0.4 is 0 Å². The largest absolute Gasteiger partial charge is 0.318 e. The Morgan fingerprint density at radius 3 is 2.41 bits per heavy atom. The number of hydrogen-bond donors (Lipinski definition) is 0. The van der Waals surface area contributed by atoms with Crippen molar-refractivity contribution in [1.29, 1.82) is 0 Å². The minimum absolute atomic E-state index is 0.242. The third-order valence-electron chi connectivity index (χ3n) is 4.93. The van der Waals surface area contributed by atoms with Gasteiger partial charge in [0.1, 0.15) is 0 Å². The van der Waals surface area contributed by atoms with Gasteiger partial charge >= 0.3 is 0 Å². The molecule has 29 heavy (non-hydrogen) atoms. The van der Waals surface area contributed by atoms with Gasteiger partial charge in [0.2, 0.25) is 0 Å². The van der Waals surface area contributed by atoms with E-state index in [-0.39, 0.29) is 17.7 Å². The predicted octanol–water partition coefficient (Wildman–Crippen LogP) is 6.09. The zero-order chi connectivity index (χ0) is 20.5. The van der Waals surface area contributed by atoms with Gasteiger partial charge < -0.3 is 4.57 Å². The zero-order valence-corrected chi connectivity index (χ0v) is 18.5. The SMILES string of the molecule is Cc1cc(/C=C2/SC(=O)N(Cc3ccccc3Br)C2=O)c(C)n1-c1ccccc1. The van der Waals surface area contributed by atoms with Crippen molar-refractivity contribution in [2.45, 2.75) is 20.4 Å². The van der Waals surface area contributed by atoms with Crippen LogP contribution in [0.5, 0.6) is 0 Å². The summed E-state index contributed by atoms with van der Waals surface area (Å²) in [5.41, 5.74) is 5.03. The number of aromatic nitrogens is 1. The van der Waals surface area contributed by atoms with Gasteiger partial charge in [-0.2, -0.15) is 0 Å². The van der Waals surface area contributed by atoms with E-state index in [1.807, 2.05) is 68.5 Å². The Bertz CT molecular complexity index is 1140. The fraction of sp³-hybridized carbons (Fsp3) is 0.130. The summed E-state index contributed by atoms with van der Waals surface area (Å²) in [5, 5.41) is -0.242. The number of thioether (sulfide) groups is 1. The number of nitrogens with zero attached hydrogens (tertiary/aromatic N) is 2. The molecule has 0 bridgehead atoms. The Kier molecular flexibility index (Phi) is 5.48. The number of amides is 2. The summed E-state index contributed by atoms with van der Waals surface area (Å²) < 4.78 is 3.03. The van der Waals surface area contributed by atoms with Crippen molar-refractivity contribution in [3.8, 4) is 5.69 Å². The molecule has 146 valence electrons. The van der Waals surface area contributed by atoms with Crippen LogP contribution in [0.1, 0.15) is 22.5 Å². The van der Waals surface area contributed by atoms with Gasteiger partial charge in [0.25, 0.3) is 11.1 Å². The van der Waals surface area contributed by atoms with Crippen LogP contribution in [-0.2, 0) is 11.3 Å². The molecule has 0 unspecified atom stereocenters. The molecule has 1 aliphatic rings. The normalized spacial score (nSPS) is 15.6. The molecule has 0 saturated carbocycles. The third-order valence-corrected chi connectivity index (χ3v) is 6.61. The van der Waals surface area contributed by atoms with Crippen molar-refractivity contribution in [3.63, 3.8) is 0 Å². The first-order chi connectivity index (χ1) is 14.0. The quantitative estimate of drug-likeness (QED) is 0.436. The topological polar surface area (TPSA) is 42.3 Å². The Balaban J connectivity index is 1.64. The van der Waals surface area contributed by atoms with Crippen molar-refractivity contribution >= 4 is 44.9 Å². The van der Waals surface area contributed by atoms with E-state index in [9.17, 15) is 9.59 Å². The molecular formula is C23H19BrN2O2S. The Labute approximate surface area is 182 Å². The summed E-state index contributed by atoms with van der Waals surface area (Å²) in [6.45, 7) is 4.32. The number of benzene rings is 2. The smallest absolute Gasteiger partial charge is 0.293 e. The van der Waals surface area contributed by atoms with E-state index in [4.69, 9.17) is 0 Å². The van der Waals surface area contributed by atoms with Gasteiger partial charge in [-0.3, -0.25) is 14.5 Å². The van der Waals surface area contributed by atoms with Crippen molar-refractivity contribution < 1.29 is 9.59 Å². The average Bonchev–Trinajstić information content (AvgIpc) is 3.13. The molecule has 0 spiro atoms. The molecule has 0 radical (unpaired) electrons. The van der Waals surface area contributed by atoms with E-state index in [2.05, 4.69) is 32.6 Å². The van der Waals surface area contributed by atoms with E-state index in [1.54, 1.807) is 0 Å². The van der Waals surface area contributed by atoms with Crippen molar-refractivity contribution in [1.82, 2.24) is 9.47 Å². The van der Waals surface area contributed by atoms with Crippen LogP contribution >= 0.6 is 27.7 Å². The second kappa shape index (κ2) is 8.05. The molecule has 2 heterocycles. The molecule has 4 rings (SSSR count). The summed E-state index contributed by atoms with van der Waals surface area (Å²) in [6, 6.07) is 19.8. The molecule has 1 aliphatic heterocycles. The molecule has 0 aliphatic carbocycles. The number of aryl methyl sites for hydroxylation is 1.